The van der Waals surface area contributed by atoms with Gasteiger partial charge in [-0.05, 0) is 30.0 Å². The second-order valence-corrected chi connectivity index (χ2v) is 8.29. The molecule has 0 spiro atoms. The number of likely N-dealkylation sites (tertiary alicyclic amines) is 1. The summed E-state index contributed by atoms with van der Waals surface area (Å²) >= 11 is 0. The molecule has 1 aliphatic carbocycles. The zero-order valence-corrected chi connectivity index (χ0v) is 17.2. The number of fused-ring (bicyclic) bond motifs is 1. The first-order valence-electron chi connectivity index (χ1n) is 10.5. The summed E-state index contributed by atoms with van der Waals surface area (Å²) in [4.78, 5) is 27.3. The molecule has 5 rings (SSSR count). The lowest BCUT2D eigenvalue weighted by molar-refractivity contribution is -0.130. The van der Waals surface area contributed by atoms with Gasteiger partial charge >= 0.3 is 0 Å². The Morgan fingerprint density at radius 3 is 2.41 bits per heavy atom. The average Bonchev–Trinajstić information content (AvgIpc) is 3.21. The van der Waals surface area contributed by atoms with Gasteiger partial charge in [0.2, 0.25) is 5.91 Å². The third-order valence-corrected chi connectivity index (χ3v) is 6.27. The van der Waals surface area contributed by atoms with Crippen LogP contribution in [0.25, 0.3) is 5.69 Å². The molecule has 2 fully saturated rings. The van der Waals surface area contributed by atoms with Gasteiger partial charge in [-0.1, -0.05) is 18.2 Å². The topological polar surface area (TPSA) is 64.4 Å². The van der Waals surface area contributed by atoms with Gasteiger partial charge in [-0.25, -0.2) is 8.78 Å². The molecule has 1 aromatic heterocycles. The highest BCUT2D eigenvalue weighted by molar-refractivity contribution is 5.79. The number of halogens is 2. The van der Waals surface area contributed by atoms with Crippen LogP contribution in [0.5, 0.6) is 5.75 Å². The number of para-hydroxylation sites is 1. The number of nitrogens with zero attached hydrogens (tertiary/aromatic N) is 3. The van der Waals surface area contributed by atoms with Gasteiger partial charge in [-0.15, -0.1) is 0 Å². The summed E-state index contributed by atoms with van der Waals surface area (Å²) in [7, 11) is 0. The minimum atomic E-state index is -0.671. The van der Waals surface area contributed by atoms with Crippen molar-refractivity contribution >= 4 is 5.91 Å². The van der Waals surface area contributed by atoms with Gasteiger partial charge in [-0.3, -0.25) is 9.59 Å². The van der Waals surface area contributed by atoms with Crippen LogP contribution in [0.15, 0.2) is 65.6 Å². The molecule has 0 N–H and O–H groups in total. The van der Waals surface area contributed by atoms with Crippen molar-refractivity contribution in [2.45, 2.75) is 6.42 Å². The number of carbonyl (C=O) groups excluding carboxylic acids is 1. The molecular formula is C24H21F2N3O3. The summed E-state index contributed by atoms with van der Waals surface area (Å²) in [6, 6.07) is 13.8. The van der Waals surface area contributed by atoms with Crippen LogP contribution in [0.1, 0.15) is 5.56 Å². The van der Waals surface area contributed by atoms with E-state index in [4.69, 9.17) is 4.74 Å². The molecule has 6 nitrogen and oxygen atoms in total. The van der Waals surface area contributed by atoms with Crippen molar-refractivity contribution in [2.75, 3.05) is 19.7 Å². The van der Waals surface area contributed by atoms with E-state index in [1.54, 1.807) is 23.1 Å². The number of carbonyl (C=O) groups is 1. The molecule has 3 atom stereocenters. The summed E-state index contributed by atoms with van der Waals surface area (Å²) < 4.78 is 33.4. The van der Waals surface area contributed by atoms with Gasteiger partial charge in [0, 0.05) is 49.0 Å². The molecule has 3 aromatic rings. The first-order chi connectivity index (χ1) is 15.5. The van der Waals surface area contributed by atoms with Gasteiger partial charge in [-0.2, -0.15) is 9.78 Å². The Labute approximate surface area is 183 Å². The van der Waals surface area contributed by atoms with E-state index in [0.717, 1.165) is 18.2 Å². The largest absolute Gasteiger partial charge is 0.493 e. The Kier molecular flexibility index (Phi) is 5.20. The van der Waals surface area contributed by atoms with Crippen molar-refractivity contribution in [3.63, 3.8) is 0 Å². The predicted molar refractivity (Wildman–Crippen MR) is 112 cm³/mol. The fourth-order valence-corrected chi connectivity index (χ4v) is 4.52. The summed E-state index contributed by atoms with van der Waals surface area (Å²) in [5, 5.41) is 4.12. The van der Waals surface area contributed by atoms with Crippen molar-refractivity contribution < 1.29 is 18.3 Å². The lowest BCUT2D eigenvalue weighted by atomic mass is 10.2. The first-order valence-corrected chi connectivity index (χ1v) is 10.5. The number of hydrogen-bond donors (Lipinski definition) is 0. The number of amides is 1. The molecule has 0 radical (unpaired) electrons. The van der Waals surface area contributed by atoms with E-state index in [-0.39, 0.29) is 29.6 Å². The Bertz CT molecular complexity index is 1180. The number of piperidine rings is 1. The Morgan fingerprint density at radius 2 is 1.72 bits per heavy atom. The van der Waals surface area contributed by atoms with Gasteiger partial charge < -0.3 is 9.64 Å². The molecule has 164 valence electrons. The van der Waals surface area contributed by atoms with Crippen LogP contribution in [-0.4, -0.2) is 40.3 Å². The minimum absolute atomic E-state index is 0.0252. The summed E-state index contributed by atoms with van der Waals surface area (Å²) in [6.07, 6.45) is 1.55. The molecule has 8 heteroatoms. The zero-order valence-electron chi connectivity index (χ0n) is 17.2. The number of ether oxygens (including phenoxy) is 1. The van der Waals surface area contributed by atoms with E-state index in [1.165, 1.54) is 10.9 Å². The monoisotopic (exact) mass is 437 g/mol. The second-order valence-electron chi connectivity index (χ2n) is 8.29. The van der Waals surface area contributed by atoms with Crippen LogP contribution < -0.4 is 10.3 Å². The molecule has 32 heavy (non-hydrogen) atoms. The highest BCUT2D eigenvalue weighted by Gasteiger charge is 2.56. The first kappa shape index (κ1) is 20.4. The van der Waals surface area contributed by atoms with E-state index in [2.05, 4.69) is 5.10 Å². The zero-order chi connectivity index (χ0) is 22.2. The Balaban J connectivity index is 1.17. The third kappa shape index (κ3) is 4.00. The minimum Gasteiger partial charge on any atom is -0.493 e. The molecule has 1 saturated carbocycles. The van der Waals surface area contributed by atoms with E-state index in [9.17, 15) is 18.4 Å². The van der Waals surface area contributed by atoms with Gasteiger partial charge in [0.15, 0.2) is 0 Å². The van der Waals surface area contributed by atoms with Gasteiger partial charge in [0.1, 0.15) is 17.4 Å². The third-order valence-electron chi connectivity index (χ3n) is 6.27. The molecule has 2 aromatic carbocycles. The maximum atomic E-state index is 13.3. The normalized spacial score (nSPS) is 21.3. The van der Waals surface area contributed by atoms with Crippen molar-refractivity contribution in [3.8, 4) is 11.4 Å². The number of aromatic nitrogens is 2. The Morgan fingerprint density at radius 1 is 1.03 bits per heavy atom. The summed E-state index contributed by atoms with van der Waals surface area (Å²) in [5.41, 5.74) is 0.752. The number of hydrogen-bond acceptors (Lipinski definition) is 4. The molecule has 2 heterocycles. The van der Waals surface area contributed by atoms with Gasteiger partial charge in [0.25, 0.3) is 5.56 Å². The average molecular weight is 437 g/mol. The molecular weight excluding hydrogens is 416 g/mol. The van der Waals surface area contributed by atoms with E-state index < -0.39 is 11.6 Å². The maximum Gasteiger partial charge on any atom is 0.275 e. The van der Waals surface area contributed by atoms with Crippen molar-refractivity contribution in [1.82, 2.24) is 14.7 Å². The SMILES string of the molecule is O=C(Cc1ccnn(-c2ccccc2)c1=O)N1C[C@@H]2C(COc3cc(F)cc(F)c3)[C@@H]2C1. The highest BCUT2D eigenvalue weighted by atomic mass is 19.1. The molecule has 1 aliphatic heterocycles. The molecule has 2 aliphatic rings. The number of benzene rings is 2. The summed E-state index contributed by atoms with van der Waals surface area (Å²) in [6.45, 7) is 1.58. The van der Waals surface area contributed by atoms with Crippen LogP contribution in [-0.2, 0) is 11.2 Å². The molecule has 1 unspecified atom stereocenters. The van der Waals surface area contributed by atoms with Crippen LogP contribution in [0.3, 0.4) is 0 Å². The fraction of sp³-hybridized carbons (Fsp3) is 0.292. The van der Waals surface area contributed by atoms with Crippen LogP contribution in [0, 0.1) is 29.4 Å². The second kappa shape index (κ2) is 8.18. The lowest BCUT2D eigenvalue weighted by Crippen LogP contribution is -2.35. The molecule has 0 bridgehead atoms. The van der Waals surface area contributed by atoms with Crippen LogP contribution in [0.2, 0.25) is 0 Å². The molecule has 1 saturated heterocycles. The lowest BCUT2D eigenvalue weighted by Gasteiger charge is -2.20. The van der Waals surface area contributed by atoms with Crippen LogP contribution in [0.4, 0.5) is 8.78 Å². The van der Waals surface area contributed by atoms with E-state index in [0.29, 0.717) is 42.8 Å². The maximum absolute atomic E-state index is 13.3. The van der Waals surface area contributed by atoms with Gasteiger partial charge in [0.05, 0.1) is 18.7 Å². The van der Waals surface area contributed by atoms with Crippen molar-refractivity contribution in [2.24, 2.45) is 17.8 Å². The summed E-state index contributed by atoms with van der Waals surface area (Å²) in [5.74, 6) is -0.363. The van der Waals surface area contributed by atoms with Crippen molar-refractivity contribution in [1.29, 1.82) is 0 Å². The standard InChI is InChI=1S/C24H21F2N3O3/c25-16-9-17(26)11-19(10-16)32-14-22-20-12-28(13-21(20)22)23(30)8-15-6-7-27-29(24(15)31)18-4-2-1-3-5-18/h1-7,9-11,20-22H,8,12-14H2/t20-,21+,22?. The number of rotatable bonds is 6. The van der Waals surface area contributed by atoms with E-state index >= 15 is 0 Å². The van der Waals surface area contributed by atoms with Crippen molar-refractivity contribution in [3.05, 3.63) is 88.3 Å². The fourth-order valence-electron chi connectivity index (χ4n) is 4.52. The smallest absolute Gasteiger partial charge is 0.275 e. The van der Waals surface area contributed by atoms with E-state index in [1.807, 2.05) is 18.2 Å². The quantitative estimate of drug-likeness (QED) is 0.595. The highest BCUT2D eigenvalue weighted by Crippen LogP contribution is 2.51. The predicted octanol–water partition coefficient (Wildman–Crippen LogP) is 2.84. The molecule has 1 amide bonds. The van der Waals surface area contributed by atoms with Crippen LogP contribution >= 0.6 is 0 Å². The Hall–Kier alpha value is -3.55.